The molecule has 6 aromatic rings. The molecule has 0 unspecified atom stereocenters. The molecule has 3 aliphatic rings. The highest BCUT2D eigenvalue weighted by Crippen LogP contribution is 2.35. The molecule has 0 aromatic heterocycles. The van der Waals surface area contributed by atoms with Crippen molar-refractivity contribution in [3.05, 3.63) is 228 Å². The van der Waals surface area contributed by atoms with Crippen LogP contribution in [0.5, 0.6) is 0 Å². The van der Waals surface area contributed by atoms with Gasteiger partial charge in [0.15, 0.2) is 0 Å². The quantitative estimate of drug-likeness (QED) is 0.0601. The molecule has 0 spiro atoms. The van der Waals surface area contributed by atoms with Crippen molar-refractivity contribution in [3.8, 4) is 0 Å². The molecule has 2 fully saturated rings. The zero-order valence-electron chi connectivity index (χ0n) is 42.3. The van der Waals surface area contributed by atoms with Crippen molar-refractivity contribution in [2.75, 3.05) is 13.2 Å². The fourth-order valence-electron chi connectivity index (χ4n) is 9.75. The normalized spacial score (nSPS) is 26.1. The van der Waals surface area contributed by atoms with Crippen molar-refractivity contribution in [1.82, 2.24) is 0 Å². The maximum absolute atomic E-state index is 13.5. The van der Waals surface area contributed by atoms with E-state index in [0.29, 0.717) is 26.1 Å². The molecule has 2 saturated heterocycles. The van der Waals surface area contributed by atoms with Crippen LogP contribution in [0.15, 0.2) is 194 Å². The van der Waals surface area contributed by atoms with E-state index in [2.05, 4.69) is 12.2 Å². The van der Waals surface area contributed by atoms with E-state index in [1.165, 1.54) is 0 Å². The summed E-state index contributed by atoms with van der Waals surface area (Å²) in [7, 11) is 0. The highest BCUT2D eigenvalue weighted by atomic mass is 16.6. The van der Waals surface area contributed by atoms with Crippen LogP contribution in [-0.2, 0) is 96.6 Å². The number of hydrogen-bond donors (Lipinski definition) is 0. The molecule has 6 aromatic carbocycles. The molecule has 75 heavy (non-hydrogen) atoms. The van der Waals surface area contributed by atoms with E-state index in [-0.39, 0.29) is 58.9 Å². The summed E-state index contributed by atoms with van der Waals surface area (Å²) in [4.78, 5) is 27.1. The van der Waals surface area contributed by atoms with Gasteiger partial charge < -0.3 is 47.4 Å². The Bertz CT molecular complexity index is 2430. The van der Waals surface area contributed by atoms with E-state index < -0.39 is 73.0 Å². The lowest BCUT2D eigenvalue weighted by atomic mass is 9.91. The second-order valence-electron chi connectivity index (χ2n) is 19.2. The number of rotatable bonds is 18. The molecule has 9 rings (SSSR count). The SMILES string of the molecule is O=C1CCCC(=O)OC[C@H]2O[C@H](C/C=C\C[C@H]3O[C@H](CO1)[C@H](OCc1ccccc1)[C@H](OCc1ccccc1)[C@H]3OCc1ccccc1)[C@H](OCc1ccccc1)[C@@H](OCc1ccccc1)[C@@H]2OCc1ccccc1. The van der Waals surface area contributed by atoms with Crippen molar-refractivity contribution < 1.29 is 57.0 Å². The van der Waals surface area contributed by atoms with Gasteiger partial charge in [-0.2, -0.15) is 0 Å². The summed E-state index contributed by atoms with van der Waals surface area (Å²) < 4.78 is 67.4. The Kier molecular flexibility index (Phi) is 20.4. The molecule has 3 heterocycles. The van der Waals surface area contributed by atoms with Crippen LogP contribution in [-0.4, -0.2) is 86.2 Å². The molecule has 0 N–H and O–H groups in total. The molecule has 0 radical (unpaired) electrons. The molecule has 12 nitrogen and oxygen atoms in total. The van der Waals surface area contributed by atoms with Gasteiger partial charge in [-0.05, 0) is 52.6 Å². The van der Waals surface area contributed by atoms with Crippen molar-refractivity contribution in [3.63, 3.8) is 0 Å². The van der Waals surface area contributed by atoms with Crippen LogP contribution >= 0.6 is 0 Å². The average molecular weight is 1020 g/mol. The summed E-state index contributed by atoms with van der Waals surface area (Å²) in [6.45, 7) is 1.45. The van der Waals surface area contributed by atoms with E-state index in [1.807, 2.05) is 182 Å². The molecule has 12 heteroatoms. The van der Waals surface area contributed by atoms with Gasteiger partial charge in [-0.15, -0.1) is 0 Å². The first-order valence-corrected chi connectivity index (χ1v) is 26.2. The standard InChI is InChI=1S/C63H68O12/c64-56-36-21-37-57(65)67-45-55-61(71-41-49-28-13-4-14-29-49)63(73-43-51-32-17-6-18-33-51)59(69-39-47-24-9-2-10-25-47)53(75-55)35-20-19-34-52-58(68-38-46-22-7-1-8-23-46)62(72-42-50-30-15-5-16-31-50)60(54(74-52)44-66-56)70-40-48-26-11-3-12-27-48/h1-20,22-33,52-55,58-63H,21,34-45H2/b20-19-/t52-,53-,54-,55-,58+,59+,60-,61+,62-,63-/m1/s1. The first kappa shape index (κ1) is 53.5. The van der Waals surface area contributed by atoms with Gasteiger partial charge in [-0.1, -0.05) is 194 Å². The highest BCUT2D eigenvalue weighted by molar-refractivity contribution is 5.72. The summed E-state index contributed by atoms with van der Waals surface area (Å²) >= 11 is 0. The fraction of sp³-hybridized carbons (Fsp3) is 0.365. The molecule has 0 saturated carbocycles. The number of benzene rings is 6. The smallest absolute Gasteiger partial charge is 0.305 e. The van der Waals surface area contributed by atoms with Gasteiger partial charge in [-0.25, -0.2) is 0 Å². The Hall–Kier alpha value is -6.32. The predicted molar refractivity (Wildman–Crippen MR) is 282 cm³/mol. The van der Waals surface area contributed by atoms with Gasteiger partial charge in [-0.3, -0.25) is 9.59 Å². The Balaban J connectivity index is 1.05. The van der Waals surface area contributed by atoms with Gasteiger partial charge in [0, 0.05) is 12.8 Å². The topological polar surface area (TPSA) is 126 Å². The van der Waals surface area contributed by atoms with Gasteiger partial charge in [0.1, 0.15) is 62.0 Å². The minimum atomic E-state index is -0.742. The largest absolute Gasteiger partial charge is 0.463 e. The van der Waals surface area contributed by atoms with Crippen LogP contribution in [0.25, 0.3) is 0 Å². The van der Waals surface area contributed by atoms with Crippen LogP contribution in [0, 0.1) is 0 Å². The van der Waals surface area contributed by atoms with E-state index in [0.717, 1.165) is 33.4 Å². The average Bonchev–Trinajstić information content (AvgIpc) is 3.46. The Morgan fingerprint density at radius 1 is 0.320 bits per heavy atom. The van der Waals surface area contributed by atoms with Gasteiger partial charge >= 0.3 is 11.9 Å². The summed E-state index contributed by atoms with van der Waals surface area (Å²) in [6, 6.07) is 59.8. The van der Waals surface area contributed by atoms with E-state index in [9.17, 15) is 9.59 Å². The van der Waals surface area contributed by atoms with Crippen LogP contribution < -0.4 is 0 Å². The second kappa shape index (κ2) is 28.5. The van der Waals surface area contributed by atoms with Gasteiger partial charge in [0.2, 0.25) is 0 Å². The van der Waals surface area contributed by atoms with Crippen LogP contribution in [0.1, 0.15) is 65.5 Å². The number of ether oxygens (including phenoxy) is 10. The Morgan fingerprint density at radius 3 is 0.827 bits per heavy atom. The number of hydrogen-bond acceptors (Lipinski definition) is 12. The maximum Gasteiger partial charge on any atom is 0.305 e. The van der Waals surface area contributed by atoms with E-state index in [4.69, 9.17) is 47.4 Å². The zero-order chi connectivity index (χ0) is 51.3. The number of carbonyl (C=O) groups is 2. The maximum atomic E-state index is 13.5. The Labute approximate surface area is 440 Å². The molecule has 3 aliphatic heterocycles. The molecule has 0 amide bonds. The zero-order valence-corrected chi connectivity index (χ0v) is 42.3. The summed E-state index contributed by atoms with van der Waals surface area (Å²) in [5.41, 5.74) is 5.88. The van der Waals surface area contributed by atoms with E-state index >= 15 is 0 Å². The van der Waals surface area contributed by atoms with Crippen molar-refractivity contribution in [2.24, 2.45) is 0 Å². The van der Waals surface area contributed by atoms with Crippen LogP contribution in [0.4, 0.5) is 0 Å². The van der Waals surface area contributed by atoms with Gasteiger partial charge in [0.25, 0.3) is 0 Å². The molecule has 4 bridgehead atoms. The van der Waals surface area contributed by atoms with Crippen LogP contribution in [0.3, 0.4) is 0 Å². The lowest BCUT2D eigenvalue weighted by Gasteiger charge is -2.46. The monoisotopic (exact) mass is 1020 g/mol. The van der Waals surface area contributed by atoms with Crippen molar-refractivity contribution >= 4 is 11.9 Å². The van der Waals surface area contributed by atoms with Crippen LogP contribution in [0.2, 0.25) is 0 Å². The third-order valence-corrected chi connectivity index (χ3v) is 13.7. The number of carbonyl (C=O) groups excluding carboxylic acids is 2. The number of fused-ring (bicyclic) bond motifs is 4. The minimum absolute atomic E-state index is 0.0130. The fourth-order valence-corrected chi connectivity index (χ4v) is 9.75. The van der Waals surface area contributed by atoms with Crippen molar-refractivity contribution in [1.29, 1.82) is 0 Å². The predicted octanol–water partition coefficient (Wildman–Crippen LogP) is 10.6. The molecular weight excluding hydrogens is 949 g/mol. The second-order valence-corrected chi connectivity index (χ2v) is 19.2. The van der Waals surface area contributed by atoms with Crippen molar-refractivity contribution in [2.45, 2.75) is 133 Å². The first-order chi connectivity index (χ1) is 37.0. The molecule has 0 aliphatic carbocycles. The Morgan fingerprint density at radius 2 is 0.560 bits per heavy atom. The van der Waals surface area contributed by atoms with Gasteiger partial charge in [0.05, 0.1) is 51.8 Å². The number of cyclic esters (lactones) is 2. The number of esters is 2. The minimum Gasteiger partial charge on any atom is -0.463 e. The third kappa shape index (κ3) is 16.1. The lowest BCUT2D eigenvalue weighted by Crippen LogP contribution is -2.61. The first-order valence-electron chi connectivity index (χ1n) is 26.2. The molecule has 392 valence electrons. The lowest BCUT2D eigenvalue weighted by molar-refractivity contribution is -0.270. The summed E-state index contributed by atoms with van der Waals surface area (Å²) in [5.74, 6) is -0.945. The molecule has 10 atom stereocenters. The summed E-state index contributed by atoms with van der Waals surface area (Å²) in [5, 5.41) is 0. The van der Waals surface area contributed by atoms with E-state index in [1.54, 1.807) is 0 Å². The highest BCUT2D eigenvalue weighted by Gasteiger charge is 2.50. The molecular formula is C63H68O12. The summed E-state index contributed by atoms with van der Waals surface area (Å²) in [6.07, 6.45) is -1.49. The third-order valence-electron chi connectivity index (χ3n) is 13.7.